The second-order valence-electron chi connectivity index (χ2n) is 11.3. The molecule has 1 aliphatic heterocycles. The molecule has 48 heavy (non-hydrogen) atoms. The van der Waals surface area contributed by atoms with Crippen molar-refractivity contribution < 1.29 is 28.7 Å². The van der Waals surface area contributed by atoms with Crippen LogP contribution in [0.4, 0.5) is 0 Å². The van der Waals surface area contributed by atoms with Crippen LogP contribution in [0.1, 0.15) is 87.0 Å². The normalized spacial score (nSPS) is 18.7. The predicted molar refractivity (Wildman–Crippen MR) is 190 cm³/mol. The van der Waals surface area contributed by atoms with Gasteiger partial charge in [0, 0.05) is 23.5 Å². The first-order chi connectivity index (χ1) is 23.2. The van der Waals surface area contributed by atoms with Crippen LogP contribution in [0, 0.1) is 0 Å². The van der Waals surface area contributed by atoms with E-state index in [1.54, 1.807) is 31.2 Å². The number of amides is 3. The third-order valence-corrected chi connectivity index (χ3v) is 9.24. The summed E-state index contributed by atoms with van der Waals surface area (Å²) >= 11 is 2.61. The summed E-state index contributed by atoms with van der Waals surface area (Å²) in [6, 6.07) is 11.5. The number of allylic oxidation sites excluding steroid dienone is 2. The maximum atomic E-state index is 13.6. The van der Waals surface area contributed by atoms with E-state index in [9.17, 15) is 24.0 Å². The van der Waals surface area contributed by atoms with Crippen molar-refractivity contribution in [3.63, 3.8) is 0 Å². The van der Waals surface area contributed by atoms with E-state index in [1.165, 1.54) is 36.0 Å². The van der Waals surface area contributed by atoms with Crippen molar-refractivity contribution in [1.29, 1.82) is 0 Å². The quantitative estimate of drug-likeness (QED) is 0.0796. The number of cyclic esters (lactones) is 1. The topological polar surface area (TPSA) is 144 Å². The average Bonchev–Trinajstić information content (AvgIpc) is 3.08. The van der Waals surface area contributed by atoms with Crippen LogP contribution in [0.25, 0.3) is 0 Å². The van der Waals surface area contributed by atoms with Gasteiger partial charge in [0.05, 0.1) is 18.7 Å². The van der Waals surface area contributed by atoms with Crippen LogP contribution < -0.4 is 16.0 Å². The van der Waals surface area contributed by atoms with Gasteiger partial charge in [0.15, 0.2) is 5.12 Å². The van der Waals surface area contributed by atoms with Crippen LogP contribution in [-0.2, 0) is 36.9 Å². The van der Waals surface area contributed by atoms with Crippen LogP contribution >= 0.6 is 23.5 Å². The first-order valence-electron chi connectivity index (χ1n) is 16.4. The highest BCUT2D eigenvalue weighted by Crippen LogP contribution is 2.20. The molecule has 2 aromatic rings. The Labute approximate surface area is 291 Å². The van der Waals surface area contributed by atoms with E-state index in [2.05, 4.69) is 27.9 Å². The number of pyridine rings is 1. The Morgan fingerprint density at radius 3 is 2.52 bits per heavy atom. The minimum atomic E-state index is -1.12. The van der Waals surface area contributed by atoms with Crippen LogP contribution in [0.2, 0.25) is 0 Å². The zero-order valence-corrected chi connectivity index (χ0v) is 29.6. The summed E-state index contributed by atoms with van der Waals surface area (Å²) in [4.78, 5) is 70.7. The number of hydrogen-bond donors (Lipinski definition) is 3. The molecule has 0 aliphatic carbocycles. The van der Waals surface area contributed by atoms with E-state index in [1.807, 2.05) is 36.6 Å². The second kappa shape index (κ2) is 21.1. The number of carbonyl (C=O) groups excluding carboxylic acids is 5. The number of benzene rings is 1. The number of ether oxygens (including phenoxy) is 1. The number of esters is 1. The molecule has 3 amide bonds. The highest BCUT2D eigenvalue weighted by Gasteiger charge is 2.28. The Balaban J connectivity index is 1.81. The summed E-state index contributed by atoms with van der Waals surface area (Å²) in [5, 5.41) is 8.30. The molecule has 1 aromatic heterocycles. The SMILES string of the molecule is C/C=C1\NC(=O)c2nc(ccc2SC)CNC(=O)C[C@@H](/C=C/CCSC(=O)CCCCCCC)OC(=O)[C@H](Cc2ccccc2)NC1=O. The Hall–Kier alpha value is -3.90. The van der Waals surface area contributed by atoms with Gasteiger partial charge in [0.1, 0.15) is 23.5 Å². The van der Waals surface area contributed by atoms with Crippen molar-refractivity contribution in [2.75, 3.05) is 12.0 Å². The molecule has 0 saturated carbocycles. The maximum absolute atomic E-state index is 13.6. The summed E-state index contributed by atoms with van der Waals surface area (Å²) in [5.74, 6) is -1.81. The lowest BCUT2D eigenvalue weighted by molar-refractivity contribution is -0.151. The van der Waals surface area contributed by atoms with Gasteiger partial charge in [-0.1, -0.05) is 86.9 Å². The van der Waals surface area contributed by atoms with Gasteiger partial charge in [0.25, 0.3) is 11.8 Å². The molecule has 12 heteroatoms. The summed E-state index contributed by atoms with van der Waals surface area (Å²) in [7, 11) is 0. The van der Waals surface area contributed by atoms with Crippen LogP contribution in [0.15, 0.2) is 71.3 Å². The molecule has 10 nitrogen and oxygen atoms in total. The highest BCUT2D eigenvalue weighted by atomic mass is 32.2. The lowest BCUT2D eigenvalue weighted by Crippen LogP contribution is -2.47. The minimum absolute atomic E-state index is 0.0446. The predicted octanol–water partition coefficient (Wildman–Crippen LogP) is 5.66. The van der Waals surface area contributed by atoms with E-state index in [4.69, 9.17) is 4.74 Å². The van der Waals surface area contributed by atoms with Gasteiger partial charge in [-0.05, 0) is 49.8 Å². The number of nitrogens with one attached hydrogen (secondary N) is 3. The molecule has 0 spiro atoms. The molecule has 0 unspecified atom stereocenters. The second-order valence-corrected chi connectivity index (χ2v) is 13.3. The average molecular weight is 695 g/mol. The number of carbonyl (C=O) groups is 5. The highest BCUT2D eigenvalue weighted by molar-refractivity contribution is 8.13. The lowest BCUT2D eigenvalue weighted by atomic mass is 10.1. The van der Waals surface area contributed by atoms with Crippen molar-refractivity contribution in [3.05, 3.63) is 83.3 Å². The molecule has 3 rings (SSSR count). The van der Waals surface area contributed by atoms with E-state index in [-0.39, 0.29) is 35.9 Å². The lowest BCUT2D eigenvalue weighted by Gasteiger charge is -2.22. The fourth-order valence-electron chi connectivity index (χ4n) is 4.89. The molecule has 2 atom stereocenters. The molecule has 0 fully saturated rings. The zero-order valence-electron chi connectivity index (χ0n) is 27.9. The number of nitrogens with zero attached hydrogens (tertiary/aromatic N) is 1. The summed E-state index contributed by atoms with van der Waals surface area (Å²) in [6.45, 7) is 3.81. The summed E-state index contributed by atoms with van der Waals surface area (Å²) < 4.78 is 5.83. The Morgan fingerprint density at radius 1 is 1.02 bits per heavy atom. The van der Waals surface area contributed by atoms with Crippen LogP contribution in [-0.4, -0.2) is 57.9 Å². The van der Waals surface area contributed by atoms with Gasteiger partial charge < -0.3 is 20.7 Å². The van der Waals surface area contributed by atoms with Crippen molar-refractivity contribution in [1.82, 2.24) is 20.9 Å². The fraction of sp³-hybridized carbons (Fsp3) is 0.444. The number of hydrogen-bond acceptors (Lipinski definition) is 9. The van der Waals surface area contributed by atoms with Gasteiger partial charge >= 0.3 is 5.97 Å². The molecule has 0 saturated heterocycles. The van der Waals surface area contributed by atoms with E-state index in [0.29, 0.717) is 29.2 Å². The fourth-order valence-corrected chi connectivity index (χ4v) is 6.20. The summed E-state index contributed by atoms with van der Waals surface area (Å²) in [6.07, 6.45) is 12.3. The molecule has 2 heterocycles. The zero-order chi connectivity index (χ0) is 34.7. The van der Waals surface area contributed by atoms with Crippen LogP contribution in [0.5, 0.6) is 0 Å². The van der Waals surface area contributed by atoms with Crippen molar-refractivity contribution in [2.24, 2.45) is 0 Å². The third-order valence-electron chi connectivity index (χ3n) is 7.51. The molecule has 0 radical (unpaired) electrons. The standard InChI is InChI=1S/C36H46N4O6S2/c1-4-6-7-8-12-18-32(42)48-21-14-13-17-27-23-31(41)37-24-26-19-20-30(47-3)33(38-26)35(44)39-28(5-2)34(43)40-29(36(45)46-27)22-25-15-10-9-11-16-25/h5,9-11,13,15-17,19-20,27,29H,4,6-8,12,14,18,21-24H2,1-3H3,(H,37,41)(H,39,44)(H,40,43)/b17-13+,28-5-/t27-,29+/m1/s1. The number of thioether (sulfide) groups is 2. The number of rotatable bonds is 13. The largest absolute Gasteiger partial charge is 0.456 e. The van der Waals surface area contributed by atoms with Gasteiger partial charge in [-0.3, -0.25) is 19.2 Å². The molecule has 1 aliphatic rings. The number of fused-ring (bicyclic) bond motifs is 2. The van der Waals surface area contributed by atoms with E-state index >= 15 is 0 Å². The van der Waals surface area contributed by atoms with Crippen molar-refractivity contribution >= 4 is 52.3 Å². The Bertz CT molecular complexity index is 1460. The van der Waals surface area contributed by atoms with Crippen LogP contribution in [0.3, 0.4) is 0 Å². The Kier molecular flexibility index (Phi) is 17.0. The molecule has 2 bridgehead atoms. The first-order valence-corrected chi connectivity index (χ1v) is 18.6. The number of aromatic nitrogens is 1. The Morgan fingerprint density at radius 2 is 1.79 bits per heavy atom. The minimum Gasteiger partial charge on any atom is -0.456 e. The van der Waals surface area contributed by atoms with Gasteiger partial charge in [-0.25, -0.2) is 9.78 Å². The van der Waals surface area contributed by atoms with Gasteiger partial charge in [-0.15, -0.1) is 11.8 Å². The van der Waals surface area contributed by atoms with Crippen molar-refractivity contribution in [3.8, 4) is 0 Å². The number of unbranched alkanes of at least 4 members (excludes halogenated alkanes) is 4. The summed E-state index contributed by atoms with van der Waals surface area (Å²) in [5.41, 5.74) is 1.30. The molecule has 3 N–H and O–H groups in total. The molecule has 258 valence electrons. The maximum Gasteiger partial charge on any atom is 0.329 e. The van der Waals surface area contributed by atoms with Gasteiger partial charge in [-0.2, -0.15) is 0 Å². The molecular formula is C36H46N4O6S2. The molecular weight excluding hydrogens is 649 g/mol. The third kappa shape index (κ3) is 13.3. The smallest absolute Gasteiger partial charge is 0.329 e. The monoisotopic (exact) mass is 694 g/mol. The van der Waals surface area contributed by atoms with Crippen molar-refractivity contribution in [2.45, 2.75) is 95.2 Å². The van der Waals surface area contributed by atoms with Gasteiger partial charge in [0.2, 0.25) is 5.91 Å². The molecule has 1 aromatic carbocycles. The first kappa shape index (κ1) is 38.5. The van der Waals surface area contributed by atoms with E-state index < -0.39 is 35.8 Å². The van der Waals surface area contributed by atoms with E-state index in [0.717, 1.165) is 31.2 Å².